The summed E-state index contributed by atoms with van der Waals surface area (Å²) in [5.41, 5.74) is 3.02. The Morgan fingerprint density at radius 2 is 1.97 bits per heavy atom. The number of ether oxygens (including phenoxy) is 1. The van der Waals surface area contributed by atoms with E-state index in [4.69, 9.17) is 9.72 Å². The number of nitrogens with zero attached hydrogens (tertiary/aromatic N) is 4. The second-order valence-corrected chi connectivity index (χ2v) is 10.3. The molecule has 0 bridgehead atoms. The molecular weight excluding hydrogens is 440 g/mol. The molecular formula is C20H18N4O3S3. The molecule has 3 heterocycles. The molecule has 0 spiro atoms. The maximum atomic E-state index is 13.3. The molecule has 0 N–H and O–H groups in total. The van der Waals surface area contributed by atoms with E-state index in [0.29, 0.717) is 37.2 Å². The first-order valence-electron chi connectivity index (χ1n) is 9.49. The van der Waals surface area contributed by atoms with Gasteiger partial charge in [-0.15, -0.1) is 11.3 Å². The molecule has 4 aromatic rings. The van der Waals surface area contributed by atoms with Crippen LogP contribution in [0.3, 0.4) is 0 Å². The van der Waals surface area contributed by atoms with Gasteiger partial charge in [0, 0.05) is 23.4 Å². The Morgan fingerprint density at radius 1 is 1.13 bits per heavy atom. The Kier molecular flexibility index (Phi) is 5.02. The van der Waals surface area contributed by atoms with Crippen LogP contribution in [-0.2, 0) is 23.0 Å². The molecule has 154 valence electrons. The lowest BCUT2D eigenvalue weighted by molar-refractivity contribution is 0.340. The highest BCUT2D eigenvalue weighted by molar-refractivity contribution is 7.89. The molecule has 0 atom stereocenters. The molecule has 0 unspecified atom stereocenters. The molecule has 0 radical (unpaired) electrons. The lowest BCUT2D eigenvalue weighted by Crippen LogP contribution is -2.35. The van der Waals surface area contributed by atoms with E-state index in [0.717, 1.165) is 38.6 Å². The predicted molar refractivity (Wildman–Crippen MR) is 117 cm³/mol. The van der Waals surface area contributed by atoms with Crippen molar-refractivity contribution in [3.05, 3.63) is 53.0 Å². The number of benzene rings is 2. The highest BCUT2D eigenvalue weighted by Gasteiger charge is 2.32. The highest BCUT2D eigenvalue weighted by atomic mass is 32.2. The molecule has 0 aliphatic carbocycles. The zero-order chi connectivity index (χ0) is 20.7. The summed E-state index contributed by atoms with van der Waals surface area (Å²) in [5, 5.41) is 0.896. The summed E-state index contributed by atoms with van der Waals surface area (Å²) in [6.45, 7) is 3.30. The van der Waals surface area contributed by atoms with Crippen molar-refractivity contribution in [3.8, 4) is 16.3 Å². The minimum Gasteiger partial charge on any atom is -0.494 e. The molecule has 0 saturated carbocycles. The van der Waals surface area contributed by atoms with Crippen LogP contribution < -0.4 is 4.74 Å². The number of rotatable bonds is 5. The molecule has 0 saturated heterocycles. The van der Waals surface area contributed by atoms with Gasteiger partial charge in [-0.2, -0.15) is 13.1 Å². The molecule has 10 heteroatoms. The van der Waals surface area contributed by atoms with E-state index >= 15 is 0 Å². The third-order valence-corrected chi connectivity index (χ3v) is 8.53. The van der Waals surface area contributed by atoms with Gasteiger partial charge in [-0.25, -0.2) is 13.4 Å². The van der Waals surface area contributed by atoms with Gasteiger partial charge in [-0.05, 0) is 43.3 Å². The Balaban J connectivity index is 1.43. The summed E-state index contributed by atoms with van der Waals surface area (Å²) in [6, 6.07) is 12.9. The maximum absolute atomic E-state index is 13.3. The first kappa shape index (κ1) is 19.6. The fourth-order valence-electron chi connectivity index (χ4n) is 3.49. The van der Waals surface area contributed by atoms with E-state index in [1.54, 1.807) is 29.5 Å². The molecule has 0 fully saturated rings. The van der Waals surface area contributed by atoms with Crippen LogP contribution in [-0.4, -0.2) is 39.6 Å². The van der Waals surface area contributed by atoms with Crippen LogP contribution in [0, 0.1) is 0 Å². The zero-order valence-electron chi connectivity index (χ0n) is 16.1. The topological polar surface area (TPSA) is 85.3 Å². The molecule has 1 aliphatic rings. The number of hydrogen-bond donors (Lipinski definition) is 0. The molecule has 30 heavy (non-hydrogen) atoms. The summed E-state index contributed by atoms with van der Waals surface area (Å²) < 4.78 is 42.0. The quantitative estimate of drug-likeness (QED) is 0.450. The lowest BCUT2D eigenvalue weighted by atomic mass is 10.2. The molecule has 7 nitrogen and oxygen atoms in total. The van der Waals surface area contributed by atoms with Crippen LogP contribution in [0.5, 0.6) is 5.75 Å². The van der Waals surface area contributed by atoms with Gasteiger partial charge < -0.3 is 4.74 Å². The van der Waals surface area contributed by atoms with Crippen molar-refractivity contribution < 1.29 is 13.2 Å². The van der Waals surface area contributed by atoms with Crippen LogP contribution in [0.4, 0.5) is 0 Å². The smallest absolute Gasteiger partial charge is 0.245 e. The first-order valence-corrected chi connectivity index (χ1v) is 12.5. The van der Waals surface area contributed by atoms with Crippen LogP contribution in [0.15, 0.2) is 47.4 Å². The second-order valence-electron chi connectivity index (χ2n) is 6.82. The number of aromatic nitrogens is 3. The monoisotopic (exact) mass is 458 g/mol. The van der Waals surface area contributed by atoms with Gasteiger partial charge in [0.2, 0.25) is 10.0 Å². The van der Waals surface area contributed by atoms with E-state index < -0.39 is 10.0 Å². The Bertz CT molecular complexity index is 1310. The average Bonchev–Trinajstić information content (AvgIpc) is 3.40. The number of fused-ring (bicyclic) bond motifs is 2. The third-order valence-electron chi connectivity index (χ3n) is 4.98. The van der Waals surface area contributed by atoms with E-state index in [1.165, 1.54) is 4.31 Å². The van der Waals surface area contributed by atoms with Crippen LogP contribution in [0.25, 0.3) is 21.6 Å². The first-order chi connectivity index (χ1) is 14.6. The van der Waals surface area contributed by atoms with Crippen molar-refractivity contribution in [1.29, 1.82) is 0 Å². The van der Waals surface area contributed by atoms with Gasteiger partial charge in [0.25, 0.3) is 0 Å². The fraction of sp³-hybridized carbons (Fsp3) is 0.250. The number of thiazole rings is 1. The molecule has 5 rings (SSSR count). The summed E-state index contributed by atoms with van der Waals surface area (Å²) in [4.78, 5) is 5.96. The number of hydrogen-bond acceptors (Lipinski definition) is 8. The highest BCUT2D eigenvalue weighted by Crippen LogP contribution is 2.35. The van der Waals surface area contributed by atoms with Gasteiger partial charge in [0.1, 0.15) is 26.7 Å². The van der Waals surface area contributed by atoms with Crippen molar-refractivity contribution in [1.82, 2.24) is 18.0 Å². The normalized spacial score (nSPS) is 14.7. The van der Waals surface area contributed by atoms with Crippen molar-refractivity contribution in [2.75, 3.05) is 13.2 Å². The Morgan fingerprint density at radius 3 is 2.77 bits per heavy atom. The van der Waals surface area contributed by atoms with Gasteiger partial charge in [0.05, 0.1) is 30.6 Å². The maximum Gasteiger partial charge on any atom is 0.245 e. The van der Waals surface area contributed by atoms with Gasteiger partial charge in [-0.1, -0.05) is 6.07 Å². The van der Waals surface area contributed by atoms with Crippen molar-refractivity contribution in [2.24, 2.45) is 0 Å². The standard InChI is InChI=1S/C20H18N4O3S3/c1-2-27-14-8-6-13(7-9-14)20-21-15-10-11-24(12-17(15)28-20)30(25,26)18-5-3-4-16-19(18)23-29-22-16/h3-9H,2,10-12H2,1H3. The number of sulfonamides is 1. The van der Waals surface area contributed by atoms with Crippen molar-refractivity contribution in [3.63, 3.8) is 0 Å². The molecule has 2 aromatic heterocycles. The minimum atomic E-state index is -3.67. The van der Waals surface area contributed by atoms with Crippen molar-refractivity contribution >= 4 is 44.1 Å². The van der Waals surface area contributed by atoms with Gasteiger partial charge >= 0.3 is 0 Å². The third kappa shape index (κ3) is 3.39. The Labute approximate surface area is 182 Å². The second kappa shape index (κ2) is 7.69. The van der Waals surface area contributed by atoms with E-state index in [1.807, 2.05) is 31.2 Å². The Hall–Kier alpha value is -2.40. The van der Waals surface area contributed by atoms with Crippen LogP contribution in [0.1, 0.15) is 17.5 Å². The fourth-order valence-corrected chi connectivity index (χ4v) is 6.86. The van der Waals surface area contributed by atoms with Gasteiger partial charge in [0.15, 0.2) is 0 Å². The van der Waals surface area contributed by atoms with Crippen LogP contribution in [0.2, 0.25) is 0 Å². The summed E-state index contributed by atoms with van der Waals surface area (Å²) >= 11 is 2.57. The molecule has 1 aliphatic heterocycles. The lowest BCUT2D eigenvalue weighted by Gasteiger charge is -2.25. The summed E-state index contributed by atoms with van der Waals surface area (Å²) in [7, 11) is -3.67. The zero-order valence-corrected chi connectivity index (χ0v) is 18.6. The molecule has 2 aromatic carbocycles. The predicted octanol–water partition coefficient (Wildman–Crippen LogP) is 3.96. The van der Waals surface area contributed by atoms with E-state index in [-0.39, 0.29) is 4.90 Å². The van der Waals surface area contributed by atoms with Gasteiger partial charge in [-0.3, -0.25) is 0 Å². The largest absolute Gasteiger partial charge is 0.494 e. The average molecular weight is 459 g/mol. The molecule has 0 amide bonds. The van der Waals surface area contributed by atoms with E-state index in [9.17, 15) is 8.42 Å². The summed E-state index contributed by atoms with van der Waals surface area (Å²) in [5.74, 6) is 0.825. The SMILES string of the molecule is CCOc1ccc(-c2nc3c(s2)CN(S(=O)(=O)c2cccc4nsnc24)CC3)cc1. The van der Waals surface area contributed by atoms with E-state index in [2.05, 4.69) is 8.75 Å². The minimum absolute atomic E-state index is 0.216. The van der Waals surface area contributed by atoms with Crippen LogP contribution >= 0.6 is 23.1 Å². The van der Waals surface area contributed by atoms with Crippen molar-refractivity contribution in [2.45, 2.75) is 24.8 Å². The summed E-state index contributed by atoms with van der Waals surface area (Å²) in [6.07, 6.45) is 0.591.